The van der Waals surface area contributed by atoms with Crippen LogP contribution in [0, 0.1) is 11.8 Å². The van der Waals surface area contributed by atoms with E-state index in [-0.39, 0.29) is 18.1 Å². The number of aliphatic hydroxyl groups is 2. The number of carbonyl (C=O) groups is 2. The molecule has 5 N–H and O–H groups in total. The monoisotopic (exact) mass is 404 g/mol. The van der Waals surface area contributed by atoms with E-state index in [0.29, 0.717) is 24.0 Å². The number of thiazole rings is 1. The predicted octanol–water partition coefficient (Wildman–Crippen LogP) is 1.08. The highest BCUT2D eigenvalue weighted by Crippen LogP contribution is 2.18. The van der Waals surface area contributed by atoms with Crippen molar-refractivity contribution in [2.45, 2.75) is 39.4 Å². The number of nitrogens with one attached hydrogen (secondary N) is 3. The van der Waals surface area contributed by atoms with Crippen molar-refractivity contribution >= 4 is 40.2 Å². The summed E-state index contributed by atoms with van der Waals surface area (Å²) < 4.78 is 2.93. The number of hydrogen-bond acceptors (Lipinski definition) is 8. The highest BCUT2D eigenvalue weighted by atomic mass is 32.2. The summed E-state index contributed by atoms with van der Waals surface area (Å²) in [5.74, 6) is -1.19. The van der Waals surface area contributed by atoms with Crippen LogP contribution in [0.25, 0.3) is 0 Å². The van der Waals surface area contributed by atoms with Gasteiger partial charge in [-0.25, -0.2) is 4.98 Å². The zero-order valence-electron chi connectivity index (χ0n) is 15.5. The highest BCUT2D eigenvalue weighted by molar-refractivity contribution is 8.00. The first-order chi connectivity index (χ1) is 12.3. The van der Waals surface area contributed by atoms with Crippen LogP contribution in [-0.4, -0.2) is 58.6 Å². The summed E-state index contributed by atoms with van der Waals surface area (Å²) in [7, 11) is 0. The van der Waals surface area contributed by atoms with Gasteiger partial charge in [0.25, 0.3) is 5.91 Å². The Labute approximate surface area is 162 Å². The lowest BCUT2D eigenvalue weighted by molar-refractivity contribution is -0.132. The lowest BCUT2D eigenvalue weighted by Crippen LogP contribution is -2.47. The van der Waals surface area contributed by atoms with Crippen LogP contribution in [0.3, 0.4) is 0 Å². The second-order valence-electron chi connectivity index (χ2n) is 6.27. The van der Waals surface area contributed by atoms with Crippen molar-refractivity contribution < 1.29 is 19.8 Å². The summed E-state index contributed by atoms with van der Waals surface area (Å²) in [4.78, 5) is 28.3. The molecule has 8 nitrogen and oxygen atoms in total. The Hall–Kier alpha value is -1.36. The van der Waals surface area contributed by atoms with Crippen molar-refractivity contribution in [3.05, 3.63) is 11.1 Å². The maximum absolute atomic E-state index is 12.2. The lowest BCUT2D eigenvalue weighted by atomic mass is 9.94. The number of rotatable bonds is 11. The van der Waals surface area contributed by atoms with Crippen molar-refractivity contribution in [2.75, 3.05) is 24.1 Å². The molecule has 1 rings (SSSR count). The van der Waals surface area contributed by atoms with Crippen molar-refractivity contribution in [1.29, 1.82) is 0 Å². The third kappa shape index (κ3) is 7.10. The first-order valence-corrected chi connectivity index (χ1v) is 10.6. The number of aromatic nitrogens is 1. The molecule has 0 bridgehead atoms. The number of nitrogens with zero attached hydrogens (tertiary/aromatic N) is 1. The van der Waals surface area contributed by atoms with E-state index in [4.69, 9.17) is 0 Å². The molecule has 0 radical (unpaired) electrons. The Bertz CT molecular complexity index is 582. The van der Waals surface area contributed by atoms with E-state index in [1.54, 1.807) is 12.3 Å². The minimum Gasteiger partial charge on any atom is -0.390 e. The topological polar surface area (TPSA) is 124 Å². The molecule has 0 aliphatic carbocycles. The van der Waals surface area contributed by atoms with Gasteiger partial charge in [0.05, 0.1) is 18.1 Å². The Balaban J connectivity index is 2.54. The summed E-state index contributed by atoms with van der Waals surface area (Å²) in [6, 6.07) is 0. The molecule has 26 heavy (non-hydrogen) atoms. The Morgan fingerprint density at radius 3 is 2.54 bits per heavy atom. The van der Waals surface area contributed by atoms with Crippen LogP contribution < -0.4 is 15.4 Å². The molecule has 0 aliphatic heterocycles. The first-order valence-electron chi connectivity index (χ1n) is 8.46. The van der Waals surface area contributed by atoms with Crippen LogP contribution >= 0.6 is 23.3 Å². The van der Waals surface area contributed by atoms with E-state index < -0.39 is 24.0 Å². The van der Waals surface area contributed by atoms with Crippen LogP contribution in [0.1, 0.15) is 37.7 Å². The second-order valence-corrected chi connectivity index (χ2v) is 7.74. The third-order valence-corrected chi connectivity index (χ3v) is 4.95. The second kappa shape index (κ2) is 11.4. The van der Waals surface area contributed by atoms with Crippen LogP contribution in [0.4, 0.5) is 5.13 Å². The van der Waals surface area contributed by atoms with Crippen LogP contribution in [-0.2, 0) is 4.79 Å². The summed E-state index contributed by atoms with van der Waals surface area (Å²) in [5.41, 5.74) is 0.231. The third-order valence-electron chi connectivity index (χ3n) is 3.67. The Morgan fingerprint density at radius 1 is 1.27 bits per heavy atom. The number of hydrogen-bond donors (Lipinski definition) is 5. The molecule has 1 heterocycles. The molecule has 3 atom stereocenters. The van der Waals surface area contributed by atoms with Gasteiger partial charge < -0.3 is 25.6 Å². The van der Waals surface area contributed by atoms with Gasteiger partial charge in [0.2, 0.25) is 5.91 Å². The maximum Gasteiger partial charge on any atom is 0.270 e. The SMILES string of the molecule is CCC(C(=O)NCC(C)C)C(O)C(O)CNC(=O)c1csc(NSC)n1. The molecule has 0 aromatic carbocycles. The molecule has 2 amide bonds. The minimum atomic E-state index is -1.27. The zero-order chi connectivity index (χ0) is 19.7. The van der Waals surface area contributed by atoms with E-state index in [1.165, 1.54) is 23.3 Å². The van der Waals surface area contributed by atoms with Crippen molar-refractivity contribution in [3.63, 3.8) is 0 Å². The summed E-state index contributed by atoms with van der Waals surface area (Å²) in [6.07, 6.45) is -0.292. The van der Waals surface area contributed by atoms with Crippen LogP contribution in [0.2, 0.25) is 0 Å². The molecule has 0 saturated carbocycles. The minimum absolute atomic E-state index is 0.170. The number of aliphatic hydroxyl groups excluding tert-OH is 2. The van der Waals surface area contributed by atoms with Crippen molar-refractivity contribution in [3.8, 4) is 0 Å². The average molecular weight is 405 g/mol. The van der Waals surface area contributed by atoms with Crippen LogP contribution in [0.5, 0.6) is 0 Å². The molecule has 148 valence electrons. The van der Waals surface area contributed by atoms with Crippen LogP contribution in [0.15, 0.2) is 5.38 Å². The fourth-order valence-electron chi connectivity index (χ4n) is 2.21. The molecule has 1 aromatic rings. The van der Waals surface area contributed by atoms with E-state index in [2.05, 4.69) is 20.3 Å². The predicted molar refractivity (Wildman–Crippen MR) is 105 cm³/mol. The molecular weight excluding hydrogens is 376 g/mol. The largest absolute Gasteiger partial charge is 0.390 e. The number of carbonyl (C=O) groups excluding carboxylic acids is 2. The fraction of sp³-hybridized carbons (Fsp3) is 0.688. The summed E-state index contributed by atoms with van der Waals surface area (Å²) in [6.45, 7) is 6.05. The van der Waals surface area contributed by atoms with Crippen molar-refractivity contribution in [2.24, 2.45) is 11.8 Å². The lowest BCUT2D eigenvalue weighted by Gasteiger charge is -2.25. The smallest absolute Gasteiger partial charge is 0.270 e. The Morgan fingerprint density at radius 2 is 1.96 bits per heavy atom. The number of anilines is 1. The molecule has 0 saturated heterocycles. The van der Waals surface area contributed by atoms with E-state index >= 15 is 0 Å². The van der Waals surface area contributed by atoms with E-state index in [1.807, 2.05) is 20.1 Å². The number of amides is 2. The standard InChI is InChI=1S/C16H28N4O4S2/c1-5-10(14(23)17-6-9(2)3)13(22)12(21)7-18-15(24)11-8-26-16(19-11)20-25-4/h8-10,12-13,21-22H,5-7H2,1-4H3,(H,17,23)(H,18,24)(H,19,20). The zero-order valence-corrected chi connectivity index (χ0v) is 17.1. The first kappa shape index (κ1) is 22.7. The van der Waals surface area contributed by atoms with E-state index in [0.717, 1.165) is 0 Å². The average Bonchev–Trinajstić information content (AvgIpc) is 3.07. The van der Waals surface area contributed by atoms with Gasteiger partial charge in [-0.2, -0.15) is 0 Å². The van der Waals surface area contributed by atoms with Gasteiger partial charge >= 0.3 is 0 Å². The fourth-order valence-corrected chi connectivity index (χ4v) is 3.40. The van der Waals surface area contributed by atoms with Gasteiger partial charge in [0.1, 0.15) is 5.69 Å². The van der Waals surface area contributed by atoms with Gasteiger partial charge in [-0.15, -0.1) is 11.3 Å². The normalized spacial score (nSPS) is 14.6. The Kier molecular flexibility index (Phi) is 9.92. The van der Waals surface area contributed by atoms with Gasteiger partial charge in [0, 0.05) is 24.7 Å². The molecular formula is C16H28N4O4S2. The van der Waals surface area contributed by atoms with E-state index in [9.17, 15) is 19.8 Å². The molecule has 0 aliphatic rings. The van der Waals surface area contributed by atoms with Gasteiger partial charge in [-0.05, 0) is 12.3 Å². The molecule has 0 fully saturated rings. The molecule has 0 spiro atoms. The quantitative estimate of drug-likeness (QED) is 0.350. The summed E-state index contributed by atoms with van der Waals surface area (Å²) in [5, 5.41) is 27.9. The molecule has 1 aromatic heterocycles. The van der Waals surface area contributed by atoms with Gasteiger partial charge in [0.15, 0.2) is 5.13 Å². The van der Waals surface area contributed by atoms with Gasteiger partial charge in [-0.3, -0.25) is 9.59 Å². The maximum atomic E-state index is 12.2. The molecule has 10 heteroatoms. The molecule has 3 unspecified atom stereocenters. The highest BCUT2D eigenvalue weighted by Gasteiger charge is 2.31. The summed E-state index contributed by atoms with van der Waals surface area (Å²) >= 11 is 2.67. The van der Waals surface area contributed by atoms with Gasteiger partial charge in [-0.1, -0.05) is 32.7 Å². The van der Waals surface area contributed by atoms with Crippen molar-refractivity contribution in [1.82, 2.24) is 15.6 Å².